The Balaban J connectivity index is 0.000000151. The lowest BCUT2D eigenvalue weighted by Gasteiger charge is -1.75. The minimum absolute atomic E-state index is 0.375. The molecule has 0 aliphatic rings. The van der Waals surface area contributed by atoms with Crippen LogP contribution in [0.2, 0.25) is 0 Å². The van der Waals surface area contributed by atoms with E-state index in [2.05, 4.69) is 9.40 Å². The summed E-state index contributed by atoms with van der Waals surface area (Å²) in [7, 11) is 0. The number of nitrogens with one attached hydrogen (secondary N) is 2. The van der Waals surface area contributed by atoms with Crippen LogP contribution in [-0.4, -0.2) is 16.3 Å². The molecular formula is C9H8N2O4. The number of aldehydes is 1. The fourth-order valence-electron chi connectivity index (χ4n) is 0.741. The second-order valence-electron chi connectivity index (χ2n) is 2.43. The lowest BCUT2D eigenvalue weighted by atomic mass is 10.5. The van der Waals surface area contributed by atoms with Gasteiger partial charge in [-0.15, -0.1) is 0 Å². The van der Waals surface area contributed by atoms with Crippen LogP contribution in [0.15, 0.2) is 44.7 Å². The number of aromatic nitrogens is 2. The Kier molecular flexibility index (Phi) is 3.84. The van der Waals surface area contributed by atoms with Crippen LogP contribution >= 0.6 is 0 Å². The SMILES string of the molecule is O=Cc1ccco1.O=c1cc[nH]c(=O)[nH]1. The Morgan fingerprint density at radius 1 is 1.27 bits per heavy atom. The number of furan rings is 1. The Morgan fingerprint density at radius 2 is 2.07 bits per heavy atom. The van der Waals surface area contributed by atoms with Crippen LogP contribution in [0, 0.1) is 0 Å². The summed E-state index contributed by atoms with van der Waals surface area (Å²) in [6.45, 7) is 0. The van der Waals surface area contributed by atoms with E-state index in [4.69, 9.17) is 0 Å². The molecule has 0 atom stereocenters. The molecule has 0 aromatic carbocycles. The monoisotopic (exact) mass is 208 g/mol. The Bertz CT molecular complexity index is 484. The maximum absolute atomic E-state index is 10.2. The molecule has 78 valence electrons. The van der Waals surface area contributed by atoms with Gasteiger partial charge in [-0.2, -0.15) is 0 Å². The number of hydrogen-bond acceptors (Lipinski definition) is 4. The Labute approximate surface area is 83.6 Å². The van der Waals surface area contributed by atoms with Crippen LogP contribution in [0.4, 0.5) is 0 Å². The fourth-order valence-corrected chi connectivity index (χ4v) is 0.741. The van der Waals surface area contributed by atoms with Gasteiger partial charge in [0.2, 0.25) is 0 Å². The van der Waals surface area contributed by atoms with Crippen molar-refractivity contribution in [2.45, 2.75) is 0 Å². The molecule has 0 saturated heterocycles. The van der Waals surface area contributed by atoms with Gasteiger partial charge in [-0.3, -0.25) is 14.6 Å². The van der Waals surface area contributed by atoms with E-state index in [1.165, 1.54) is 18.5 Å². The summed E-state index contributed by atoms with van der Waals surface area (Å²) in [6, 6.07) is 4.51. The van der Waals surface area contributed by atoms with E-state index in [1.54, 1.807) is 12.1 Å². The smallest absolute Gasteiger partial charge is 0.325 e. The highest BCUT2D eigenvalue weighted by molar-refractivity contribution is 5.69. The highest BCUT2D eigenvalue weighted by atomic mass is 16.3. The van der Waals surface area contributed by atoms with Crippen molar-refractivity contribution in [2.75, 3.05) is 0 Å². The molecule has 6 nitrogen and oxygen atoms in total. The van der Waals surface area contributed by atoms with E-state index in [0.717, 1.165) is 0 Å². The van der Waals surface area contributed by atoms with Crippen molar-refractivity contribution in [1.29, 1.82) is 0 Å². The molecule has 0 amide bonds. The van der Waals surface area contributed by atoms with E-state index in [0.29, 0.717) is 12.0 Å². The molecule has 15 heavy (non-hydrogen) atoms. The van der Waals surface area contributed by atoms with Gasteiger partial charge in [-0.1, -0.05) is 0 Å². The molecule has 0 aliphatic carbocycles. The second kappa shape index (κ2) is 5.38. The number of H-pyrrole nitrogens is 2. The molecule has 0 radical (unpaired) electrons. The van der Waals surface area contributed by atoms with Gasteiger partial charge in [-0.25, -0.2) is 4.79 Å². The third-order valence-corrected chi connectivity index (χ3v) is 1.35. The van der Waals surface area contributed by atoms with E-state index < -0.39 is 5.69 Å². The van der Waals surface area contributed by atoms with Crippen molar-refractivity contribution < 1.29 is 9.21 Å². The van der Waals surface area contributed by atoms with Crippen LogP contribution in [0.5, 0.6) is 0 Å². The number of rotatable bonds is 1. The highest BCUT2D eigenvalue weighted by Gasteiger charge is 1.84. The van der Waals surface area contributed by atoms with E-state index in [1.807, 2.05) is 4.98 Å². The first-order chi connectivity index (χ1) is 7.22. The standard InChI is InChI=1S/C5H4O2.C4H4N2O2/c6-4-5-2-1-3-7-5;7-3-1-2-5-4(8)6-3/h1-4H;1-2H,(H2,5,6,7,8). The first kappa shape index (κ1) is 10.7. The molecule has 0 bridgehead atoms. The zero-order valence-corrected chi connectivity index (χ0v) is 7.60. The summed E-state index contributed by atoms with van der Waals surface area (Å²) < 4.78 is 4.61. The molecule has 0 unspecified atom stereocenters. The molecule has 2 N–H and O–H groups in total. The summed E-state index contributed by atoms with van der Waals surface area (Å²) in [5.74, 6) is 0.375. The van der Waals surface area contributed by atoms with Gasteiger partial charge in [0.1, 0.15) is 0 Å². The lowest BCUT2D eigenvalue weighted by molar-refractivity contribution is 0.110. The number of carbonyl (C=O) groups excluding carboxylic acids is 1. The molecule has 2 rings (SSSR count). The third kappa shape index (κ3) is 3.90. The number of carbonyl (C=O) groups is 1. The predicted molar refractivity (Wildman–Crippen MR) is 51.8 cm³/mol. The normalized spacial score (nSPS) is 8.80. The maximum atomic E-state index is 10.2. The van der Waals surface area contributed by atoms with Gasteiger partial charge in [0.15, 0.2) is 12.0 Å². The van der Waals surface area contributed by atoms with Crippen molar-refractivity contribution in [3.8, 4) is 0 Å². The van der Waals surface area contributed by atoms with Crippen molar-refractivity contribution in [2.24, 2.45) is 0 Å². The molecule has 0 aliphatic heterocycles. The van der Waals surface area contributed by atoms with Crippen molar-refractivity contribution >= 4 is 6.29 Å². The van der Waals surface area contributed by atoms with Crippen LogP contribution in [0.1, 0.15) is 10.6 Å². The fraction of sp³-hybridized carbons (Fsp3) is 0. The summed E-state index contributed by atoms with van der Waals surface area (Å²) in [6.07, 6.45) is 3.42. The van der Waals surface area contributed by atoms with Crippen LogP contribution in [0.3, 0.4) is 0 Å². The zero-order valence-electron chi connectivity index (χ0n) is 7.60. The largest absolute Gasteiger partial charge is 0.462 e. The van der Waals surface area contributed by atoms with Gasteiger partial charge in [0, 0.05) is 12.3 Å². The molecule has 0 fully saturated rings. The molecule has 2 aromatic heterocycles. The average Bonchev–Trinajstić information content (AvgIpc) is 2.70. The minimum Gasteiger partial charge on any atom is -0.462 e. The second-order valence-corrected chi connectivity index (χ2v) is 2.43. The number of hydrogen-bond donors (Lipinski definition) is 2. The summed E-state index contributed by atoms with van der Waals surface area (Å²) in [5, 5.41) is 0. The first-order valence-corrected chi connectivity index (χ1v) is 3.99. The quantitative estimate of drug-likeness (QED) is 0.652. The number of aromatic amines is 2. The Morgan fingerprint density at radius 3 is 2.40 bits per heavy atom. The van der Waals surface area contributed by atoms with Crippen LogP contribution in [0.25, 0.3) is 0 Å². The predicted octanol–water partition coefficient (Wildman–Crippen LogP) is 0.155. The van der Waals surface area contributed by atoms with E-state index in [-0.39, 0.29) is 5.56 Å². The van der Waals surface area contributed by atoms with Crippen molar-refractivity contribution in [3.05, 3.63) is 57.3 Å². The molecule has 0 spiro atoms. The average molecular weight is 208 g/mol. The lowest BCUT2D eigenvalue weighted by Crippen LogP contribution is -2.19. The molecular weight excluding hydrogens is 200 g/mol. The summed E-state index contributed by atoms with van der Waals surface area (Å²) in [5.41, 5.74) is -0.855. The third-order valence-electron chi connectivity index (χ3n) is 1.35. The van der Waals surface area contributed by atoms with Crippen LogP contribution < -0.4 is 11.2 Å². The molecule has 2 heterocycles. The van der Waals surface area contributed by atoms with Gasteiger partial charge < -0.3 is 9.40 Å². The van der Waals surface area contributed by atoms with Gasteiger partial charge in [0.25, 0.3) is 5.56 Å². The highest BCUT2D eigenvalue weighted by Crippen LogP contribution is 1.92. The topological polar surface area (TPSA) is 95.9 Å². The van der Waals surface area contributed by atoms with Crippen molar-refractivity contribution in [3.63, 3.8) is 0 Å². The van der Waals surface area contributed by atoms with E-state index >= 15 is 0 Å². The molecule has 6 heteroatoms. The van der Waals surface area contributed by atoms with Crippen LogP contribution in [-0.2, 0) is 0 Å². The molecule has 2 aromatic rings. The van der Waals surface area contributed by atoms with Gasteiger partial charge in [0.05, 0.1) is 6.26 Å². The van der Waals surface area contributed by atoms with Crippen molar-refractivity contribution in [1.82, 2.24) is 9.97 Å². The first-order valence-electron chi connectivity index (χ1n) is 3.99. The van der Waals surface area contributed by atoms with E-state index in [9.17, 15) is 14.4 Å². The summed E-state index contributed by atoms with van der Waals surface area (Å²) >= 11 is 0. The maximum Gasteiger partial charge on any atom is 0.325 e. The van der Waals surface area contributed by atoms with Gasteiger partial charge >= 0.3 is 5.69 Å². The van der Waals surface area contributed by atoms with Gasteiger partial charge in [-0.05, 0) is 12.1 Å². The minimum atomic E-state index is -0.475. The Hall–Kier alpha value is -2.37. The zero-order chi connectivity index (χ0) is 11.1. The molecule has 0 saturated carbocycles. The summed E-state index contributed by atoms with van der Waals surface area (Å²) in [4.78, 5) is 34.4.